The summed E-state index contributed by atoms with van der Waals surface area (Å²) in [6.45, 7) is 4.88. The second-order valence-electron chi connectivity index (χ2n) is 7.84. The summed E-state index contributed by atoms with van der Waals surface area (Å²) >= 11 is 0. The van der Waals surface area contributed by atoms with Crippen molar-refractivity contribution in [2.24, 2.45) is 0 Å². The van der Waals surface area contributed by atoms with Crippen LogP contribution >= 0.6 is 0 Å². The molecule has 1 aromatic rings. The molecule has 2 saturated heterocycles. The van der Waals surface area contributed by atoms with E-state index in [0.29, 0.717) is 25.4 Å². The van der Waals surface area contributed by atoms with E-state index in [1.165, 1.54) is 6.26 Å². The lowest BCUT2D eigenvalue weighted by Crippen LogP contribution is -2.37. The van der Waals surface area contributed by atoms with Crippen LogP contribution in [0.25, 0.3) is 0 Å². The van der Waals surface area contributed by atoms with Crippen molar-refractivity contribution in [2.45, 2.75) is 77.0 Å². The predicted molar refractivity (Wildman–Crippen MR) is 106 cm³/mol. The second kappa shape index (κ2) is 11.3. The third kappa shape index (κ3) is 6.82. The van der Waals surface area contributed by atoms with Crippen LogP contribution in [-0.4, -0.2) is 60.2 Å². The lowest BCUT2D eigenvalue weighted by atomic mass is 10.1. The Hall–Kier alpha value is -1.93. The largest absolute Gasteiger partial charge is 0.446 e. The molecule has 2 aliphatic rings. The number of hydrogen-bond acceptors (Lipinski definition) is 6. The lowest BCUT2D eigenvalue weighted by molar-refractivity contribution is -0.133. The van der Waals surface area contributed by atoms with E-state index in [1.54, 1.807) is 4.90 Å². The number of nitrogens with zero attached hydrogens (tertiary/aromatic N) is 2. The zero-order valence-electron chi connectivity index (χ0n) is 17.4. The standard InChI is InChI=1S/C21H33N3O5/c1-2-3-4-9-20(25)24(13-17-8-6-11-28-17)14-19-23-18(15-29-19)21(26)22-12-16-7-5-10-27-16/h15-17H,2-14H2,1H3,(H,22,26)/t16-,17-/m0/s1. The maximum atomic E-state index is 12.7. The average molecular weight is 408 g/mol. The quantitative estimate of drug-likeness (QED) is 0.567. The molecule has 2 fully saturated rings. The van der Waals surface area contributed by atoms with Crippen LogP contribution in [0.4, 0.5) is 0 Å². The summed E-state index contributed by atoms with van der Waals surface area (Å²) in [5.74, 6) is 0.168. The number of carbonyl (C=O) groups excluding carboxylic acids is 2. The highest BCUT2D eigenvalue weighted by Gasteiger charge is 2.25. The highest BCUT2D eigenvalue weighted by atomic mass is 16.5. The fraction of sp³-hybridized carbons (Fsp3) is 0.762. The molecule has 0 unspecified atom stereocenters. The maximum Gasteiger partial charge on any atom is 0.273 e. The number of aromatic nitrogens is 1. The van der Waals surface area contributed by atoms with Gasteiger partial charge in [-0.2, -0.15) is 0 Å². The van der Waals surface area contributed by atoms with Crippen molar-refractivity contribution in [3.8, 4) is 0 Å². The molecule has 8 nitrogen and oxygen atoms in total. The molecular weight excluding hydrogens is 374 g/mol. The predicted octanol–water partition coefficient (Wildman–Crippen LogP) is 2.67. The van der Waals surface area contributed by atoms with E-state index >= 15 is 0 Å². The van der Waals surface area contributed by atoms with Gasteiger partial charge in [-0.15, -0.1) is 0 Å². The first-order valence-electron chi connectivity index (χ1n) is 10.9. The van der Waals surface area contributed by atoms with Crippen LogP contribution in [-0.2, 0) is 20.8 Å². The molecule has 1 aromatic heterocycles. The Balaban J connectivity index is 1.54. The molecule has 0 spiro atoms. The SMILES string of the molecule is CCCCCC(=O)N(Cc1nc(C(=O)NC[C@@H]2CCCO2)co1)C[C@@H]1CCCO1. The topological polar surface area (TPSA) is 93.9 Å². The second-order valence-corrected chi connectivity index (χ2v) is 7.84. The Morgan fingerprint density at radius 3 is 2.62 bits per heavy atom. The van der Waals surface area contributed by atoms with Gasteiger partial charge < -0.3 is 24.1 Å². The van der Waals surface area contributed by atoms with Crippen molar-refractivity contribution in [3.63, 3.8) is 0 Å². The van der Waals surface area contributed by atoms with Gasteiger partial charge in [0, 0.05) is 32.7 Å². The molecule has 0 aliphatic carbocycles. The Morgan fingerprint density at radius 2 is 1.93 bits per heavy atom. The van der Waals surface area contributed by atoms with Crippen LogP contribution in [0, 0.1) is 0 Å². The number of amides is 2. The molecule has 0 aromatic carbocycles. The summed E-state index contributed by atoms with van der Waals surface area (Å²) in [4.78, 5) is 31.1. The molecule has 8 heteroatoms. The normalized spacial score (nSPS) is 21.4. The summed E-state index contributed by atoms with van der Waals surface area (Å²) in [6, 6.07) is 0. The third-order valence-electron chi connectivity index (χ3n) is 5.42. The van der Waals surface area contributed by atoms with Gasteiger partial charge in [0.25, 0.3) is 5.91 Å². The van der Waals surface area contributed by atoms with Crippen molar-refractivity contribution in [1.82, 2.24) is 15.2 Å². The maximum absolute atomic E-state index is 12.7. The number of unbranched alkanes of at least 4 members (excludes halogenated alkanes) is 2. The molecule has 1 N–H and O–H groups in total. The van der Waals surface area contributed by atoms with Gasteiger partial charge in [0.2, 0.25) is 11.8 Å². The van der Waals surface area contributed by atoms with E-state index in [2.05, 4.69) is 17.2 Å². The van der Waals surface area contributed by atoms with E-state index in [4.69, 9.17) is 13.9 Å². The Labute approximate surface area is 172 Å². The van der Waals surface area contributed by atoms with Crippen molar-refractivity contribution >= 4 is 11.8 Å². The molecule has 2 aliphatic heterocycles. The van der Waals surface area contributed by atoms with Gasteiger partial charge in [0.1, 0.15) is 6.26 Å². The summed E-state index contributed by atoms with van der Waals surface area (Å²) in [7, 11) is 0. The highest BCUT2D eigenvalue weighted by molar-refractivity contribution is 5.91. The molecule has 0 radical (unpaired) electrons. The van der Waals surface area contributed by atoms with Crippen molar-refractivity contribution in [1.29, 1.82) is 0 Å². The van der Waals surface area contributed by atoms with Crippen LogP contribution in [0.15, 0.2) is 10.7 Å². The minimum Gasteiger partial charge on any atom is -0.446 e. The number of rotatable bonds is 11. The first-order valence-corrected chi connectivity index (χ1v) is 10.9. The highest BCUT2D eigenvalue weighted by Crippen LogP contribution is 2.17. The molecule has 0 bridgehead atoms. The Bertz CT molecular complexity index is 650. The van der Waals surface area contributed by atoms with Gasteiger partial charge >= 0.3 is 0 Å². The van der Waals surface area contributed by atoms with Crippen molar-refractivity contribution in [3.05, 3.63) is 17.8 Å². The molecule has 29 heavy (non-hydrogen) atoms. The Kier molecular flexibility index (Phi) is 8.49. The summed E-state index contributed by atoms with van der Waals surface area (Å²) in [5.41, 5.74) is 0.230. The zero-order valence-corrected chi connectivity index (χ0v) is 17.4. The number of hydrogen-bond donors (Lipinski definition) is 1. The first-order chi connectivity index (χ1) is 14.2. The van der Waals surface area contributed by atoms with Crippen LogP contribution in [0.3, 0.4) is 0 Å². The fourth-order valence-electron chi connectivity index (χ4n) is 3.73. The minimum atomic E-state index is -0.282. The monoisotopic (exact) mass is 407 g/mol. The fourth-order valence-corrected chi connectivity index (χ4v) is 3.73. The van der Waals surface area contributed by atoms with Crippen molar-refractivity contribution < 1.29 is 23.5 Å². The number of ether oxygens (including phenoxy) is 2. The summed E-state index contributed by atoms with van der Waals surface area (Å²) < 4.78 is 16.7. The molecule has 162 valence electrons. The third-order valence-corrected chi connectivity index (χ3v) is 5.42. The molecule has 2 amide bonds. The van der Waals surface area contributed by atoms with Gasteiger partial charge in [-0.1, -0.05) is 19.8 Å². The molecule has 2 atom stereocenters. The minimum absolute atomic E-state index is 0.0641. The summed E-state index contributed by atoms with van der Waals surface area (Å²) in [6.07, 6.45) is 8.96. The van der Waals surface area contributed by atoms with E-state index in [9.17, 15) is 9.59 Å². The van der Waals surface area contributed by atoms with Gasteiger partial charge in [-0.3, -0.25) is 9.59 Å². The van der Waals surface area contributed by atoms with Crippen molar-refractivity contribution in [2.75, 3.05) is 26.3 Å². The first kappa shape index (κ1) is 21.8. The van der Waals surface area contributed by atoms with Crippen LogP contribution < -0.4 is 5.32 Å². The van der Waals surface area contributed by atoms with Gasteiger partial charge in [-0.25, -0.2) is 4.98 Å². The smallest absolute Gasteiger partial charge is 0.273 e. The van der Waals surface area contributed by atoms with E-state index in [1.807, 2.05) is 0 Å². The lowest BCUT2D eigenvalue weighted by Gasteiger charge is -2.24. The molecule has 0 saturated carbocycles. The number of oxazole rings is 1. The number of nitrogens with one attached hydrogen (secondary N) is 1. The van der Waals surface area contributed by atoms with Crippen LogP contribution in [0.5, 0.6) is 0 Å². The van der Waals surface area contributed by atoms with Gasteiger partial charge in [-0.05, 0) is 32.1 Å². The molecular formula is C21H33N3O5. The van der Waals surface area contributed by atoms with Gasteiger partial charge in [0.05, 0.1) is 18.8 Å². The average Bonchev–Trinajstić information content (AvgIpc) is 3.48. The summed E-state index contributed by atoms with van der Waals surface area (Å²) in [5, 5.41) is 2.84. The van der Waals surface area contributed by atoms with E-state index in [0.717, 1.165) is 58.2 Å². The molecule has 3 rings (SSSR count). The van der Waals surface area contributed by atoms with Gasteiger partial charge in [0.15, 0.2) is 5.69 Å². The van der Waals surface area contributed by atoms with Crippen LogP contribution in [0.1, 0.15) is 74.7 Å². The molecule has 3 heterocycles. The van der Waals surface area contributed by atoms with E-state index in [-0.39, 0.29) is 36.3 Å². The van der Waals surface area contributed by atoms with Crippen LogP contribution in [0.2, 0.25) is 0 Å². The Morgan fingerprint density at radius 1 is 1.17 bits per heavy atom. The number of carbonyl (C=O) groups is 2. The zero-order chi connectivity index (χ0) is 20.5. The van der Waals surface area contributed by atoms with E-state index < -0.39 is 0 Å².